The van der Waals surface area contributed by atoms with Crippen LogP contribution in [0.1, 0.15) is 59.3 Å². The smallest absolute Gasteiger partial charge is 0.0946 e. The van der Waals surface area contributed by atoms with Crippen molar-refractivity contribution in [3.8, 4) is 0 Å². The van der Waals surface area contributed by atoms with E-state index in [4.69, 9.17) is 0 Å². The molecule has 0 aliphatic heterocycles. The van der Waals surface area contributed by atoms with Crippen LogP contribution in [0.4, 0.5) is 0 Å². The van der Waals surface area contributed by atoms with E-state index >= 15 is 0 Å². The third-order valence-corrected chi connectivity index (χ3v) is 4.46. The molecule has 0 bridgehead atoms. The van der Waals surface area contributed by atoms with E-state index in [0.29, 0.717) is 19.0 Å². The summed E-state index contributed by atoms with van der Waals surface area (Å²) in [4.78, 5) is 2.39. The van der Waals surface area contributed by atoms with Crippen molar-refractivity contribution < 1.29 is 13.0 Å². The second-order valence-electron chi connectivity index (χ2n) is 6.27. The van der Waals surface area contributed by atoms with Gasteiger partial charge in [0.25, 0.3) is 0 Å². The summed E-state index contributed by atoms with van der Waals surface area (Å²) >= 11 is 0. The minimum absolute atomic E-state index is 0.0364. The minimum atomic E-state index is -4.07. The lowest BCUT2D eigenvalue weighted by Crippen LogP contribution is -2.49. The molecular weight excluding hydrogens is 250 g/mol. The normalized spacial score (nSPS) is 19.4. The molecule has 1 fully saturated rings. The fourth-order valence-electron chi connectivity index (χ4n) is 2.87. The van der Waals surface area contributed by atoms with Gasteiger partial charge in [0.15, 0.2) is 0 Å². The minimum Gasteiger partial charge on any atom is -0.748 e. The molecule has 1 aliphatic carbocycles. The standard InChI is InChI=1S/C13H27NO3S/c1-13(2,3)14(10-7-11-18(15,16)17)12-8-5-4-6-9-12/h12H,4-11H2,1-3H3,(H,15,16,17)/p-1. The van der Waals surface area contributed by atoms with Crippen molar-refractivity contribution >= 4 is 10.1 Å². The average molecular weight is 276 g/mol. The van der Waals surface area contributed by atoms with Crippen LogP contribution in [0.5, 0.6) is 0 Å². The van der Waals surface area contributed by atoms with Gasteiger partial charge in [-0.25, -0.2) is 8.42 Å². The molecule has 4 nitrogen and oxygen atoms in total. The molecule has 1 rings (SSSR count). The van der Waals surface area contributed by atoms with Crippen LogP contribution in [-0.2, 0) is 10.1 Å². The Balaban J connectivity index is 2.56. The monoisotopic (exact) mass is 276 g/mol. The SMILES string of the molecule is CC(C)(C)N(CCCS(=O)(=O)[O-])C1CCCCC1. The first kappa shape index (κ1) is 15.9. The molecule has 0 spiro atoms. The van der Waals surface area contributed by atoms with Crippen LogP contribution in [0.2, 0.25) is 0 Å². The molecule has 5 heteroatoms. The van der Waals surface area contributed by atoms with Gasteiger partial charge < -0.3 is 4.55 Å². The van der Waals surface area contributed by atoms with Gasteiger partial charge in [0.2, 0.25) is 0 Å². The number of hydrogen-bond acceptors (Lipinski definition) is 4. The summed E-state index contributed by atoms with van der Waals surface area (Å²) in [6.45, 7) is 7.18. The quantitative estimate of drug-likeness (QED) is 0.723. The Kier molecular flexibility index (Phi) is 5.62. The molecule has 0 unspecified atom stereocenters. The summed E-state index contributed by atoms with van der Waals surface area (Å²) in [5, 5.41) is 0. The molecule has 0 aromatic rings. The number of rotatable bonds is 5. The van der Waals surface area contributed by atoms with Crippen molar-refractivity contribution in [3.05, 3.63) is 0 Å². The number of nitrogens with zero attached hydrogens (tertiary/aromatic N) is 1. The van der Waals surface area contributed by atoms with Gasteiger partial charge in [-0.3, -0.25) is 4.90 Å². The van der Waals surface area contributed by atoms with Gasteiger partial charge in [0.05, 0.1) is 10.1 Å². The van der Waals surface area contributed by atoms with Crippen molar-refractivity contribution in [2.75, 3.05) is 12.3 Å². The van der Waals surface area contributed by atoms with E-state index < -0.39 is 10.1 Å². The Bertz CT molecular complexity index is 340. The van der Waals surface area contributed by atoms with Crippen molar-refractivity contribution in [3.63, 3.8) is 0 Å². The van der Waals surface area contributed by atoms with E-state index in [-0.39, 0.29) is 11.3 Å². The predicted molar refractivity (Wildman–Crippen MR) is 72.5 cm³/mol. The van der Waals surface area contributed by atoms with E-state index in [1.165, 1.54) is 32.1 Å². The maximum atomic E-state index is 10.7. The van der Waals surface area contributed by atoms with Crippen LogP contribution in [-0.4, -0.2) is 41.7 Å². The highest BCUT2D eigenvalue weighted by Crippen LogP contribution is 2.28. The van der Waals surface area contributed by atoms with Gasteiger partial charge in [-0.2, -0.15) is 0 Å². The fraction of sp³-hybridized carbons (Fsp3) is 1.00. The van der Waals surface area contributed by atoms with E-state index in [1.807, 2.05) is 0 Å². The van der Waals surface area contributed by atoms with Crippen LogP contribution in [0.3, 0.4) is 0 Å². The van der Waals surface area contributed by atoms with Gasteiger partial charge >= 0.3 is 0 Å². The van der Waals surface area contributed by atoms with Crippen LogP contribution in [0.15, 0.2) is 0 Å². The summed E-state index contributed by atoms with van der Waals surface area (Å²) in [6.07, 6.45) is 6.67. The first-order valence-corrected chi connectivity index (χ1v) is 8.48. The zero-order valence-electron chi connectivity index (χ0n) is 11.8. The Labute approximate surface area is 112 Å². The van der Waals surface area contributed by atoms with Gasteiger partial charge in [0, 0.05) is 17.3 Å². The highest BCUT2D eigenvalue weighted by Gasteiger charge is 2.29. The molecule has 0 amide bonds. The van der Waals surface area contributed by atoms with Crippen LogP contribution >= 0.6 is 0 Å². The number of hydrogen-bond donors (Lipinski definition) is 0. The van der Waals surface area contributed by atoms with E-state index in [9.17, 15) is 13.0 Å². The fourth-order valence-corrected chi connectivity index (χ4v) is 3.35. The molecule has 18 heavy (non-hydrogen) atoms. The van der Waals surface area contributed by atoms with Gasteiger partial charge in [-0.1, -0.05) is 19.3 Å². The van der Waals surface area contributed by atoms with Crippen molar-refractivity contribution in [1.82, 2.24) is 4.90 Å². The Morgan fingerprint density at radius 3 is 2.17 bits per heavy atom. The van der Waals surface area contributed by atoms with E-state index in [0.717, 1.165) is 0 Å². The van der Waals surface area contributed by atoms with Crippen LogP contribution in [0.25, 0.3) is 0 Å². The van der Waals surface area contributed by atoms with Crippen molar-refractivity contribution in [1.29, 1.82) is 0 Å². The second kappa shape index (κ2) is 6.35. The lowest BCUT2D eigenvalue weighted by molar-refractivity contribution is 0.0606. The van der Waals surface area contributed by atoms with Crippen LogP contribution in [0, 0.1) is 0 Å². The predicted octanol–water partition coefficient (Wildman–Crippen LogP) is 2.35. The molecule has 108 valence electrons. The molecule has 0 aromatic heterocycles. The molecule has 0 saturated heterocycles. The van der Waals surface area contributed by atoms with Gasteiger partial charge in [-0.05, 0) is 46.6 Å². The summed E-state index contributed by atoms with van der Waals surface area (Å²) in [7, 11) is -4.07. The third-order valence-electron chi connectivity index (χ3n) is 3.67. The molecule has 0 heterocycles. The largest absolute Gasteiger partial charge is 0.748 e. The highest BCUT2D eigenvalue weighted by molar-refractivity contribution is 7.85. The highest BCUT2D eigenvalue weighted by atomic mass is 32.2. The van der Waals surface area contributed by atoms with Gasteiger partial charge in [0.1, 0.15) is 0 Å². The van der Waals surface area contributed by atoms with Crippen molar-refractivity contribution in [2.45, 2.75) is 70.9 Å². The molecule has 0 aromatic carbocycles. The summed E-state index contributed by atoms with van der Waals surface area (Å²) in [5.74, 6) is -0.244. The summed E-state index contributed by atoms with van der Waals surface area (Å²) in [6, 6.07) is 0.549. The van der Waals surface area contributed by atoms with Crippen molar-refractivity contribution in [2.24, 2.45) is 0 Å². The molecule has 1 aliphatic rings. The zero-order valence-corrected chi connectivity index (χ0v) is 12.6. The Hall–Kier alpha value is -0.130. The van der Waals surface area contributed by atoms with Crippen LogP contribution < -0.4 is 0 Å². The average Bonchev–Trinajstić information content (AvgIpc) is 2.22. The Morgan fingerprint density at radius 2 is 1.72 bits per heavy atom. The second-order valence-corrected chi connectivity index (χ2v) is 7.80. The lowest BCUT2D eigenvalue weighted by atomic mass is 9.90. The van der Waals surface area contributed by atoms with E-state index in [2.05, 4.69) is 25.7 Å². The molecule has 0 atom stereocenters. The molecular formula is C13H26NO3S-. The molecule has 0 N–H and O–H groups in total. The molecule has 1 saturated carbocycles. The summed E-state index contributed by atoms with van der Waals surface area (Å²) < 4.78 is 32.0. The lowest BCUT2D eigenvalue weighted by Gasteiger charge is -2.43. The topological polar surface area (TPSA) is 60.4 Å². The maximum Gasteiger partial charge on any atom is 0.0946 e. The maximum absolute atomic E-state index is 10.7. The molecule has 0 radical (unpaired) electrons. The zero-order chi connectivity index (χ0) is 13.8. The van der Waals surface area contributed by atoms with E-state index in [1.54, 1.807) is 0 Å². The first-order chi connectivity index (χ1) is 8.20. The first-order valence-electron chi connectivity index (χ1n) is 6.90. The third kappa shape index (κ3) is 5.67. The summed E-state index contributed by atoms with van der Waals surface area (Å²) in [5.41, 5.74) is 0.0364. The Morgan fingerprint density at radius 1 is 1.17 bits per heavy atom. The van der Waals surface area contributed by atoms with Gasteiger partial charge in [-0.15, -0.1) is 0 Å².